The lowest BCUT2D eigenvalue weighted by Gasteiger charge is -2.19. The van der Waals surface area contributed by atoms with Crippen LogP contribution in [0.5, 0.6) is 0 Å². The van der Waals surface area contributed by atoms with E-state index in [0.717, 1.165) is 38.5 Å². The number of nitrogens with zero attached hydrogens (tertiary/aromatic N) is 1. The van der Waals surface area contributed by atoms with E-state index >= 15 is 0 Å². The predicted molar refractivity (Wildman–Crippen MR) is 98.7 cm³/mol. The van der Waals surface area contributed by atoms with E-state index in [2.05, 4.69) is 16.0 Å². The monoisotopic (exact) mass is 378 g/mol. The fraction of sp³-hybridized carbons (Fsp3) is 0.789. The zero-order valence-corrected chi connectivity index (χ0v) is 15.8. The van der Waals surface area contributed by atoms with Crippen molar-refractivity contribution in [3.05, 3.63) is 0 Å². The van der Waals surface area contributed by atoms with Crippen molar-refractivity contribution < 1.29 is 19.2 Å². The molecule has 1 aliphatic heterocycles. The summed E-state index contributed by atoms with van der Waals surface area (Å²) in [4.78, 5) is 49.6. The standard InChI is InChI=1S/C19H30N4O4/c24-15(20-11-12-21-16(25)14-6-1-2-7-14)8-5-13-23-17(26)19(22-18(23)27)9-3-4-10-19/h14H,1-13H2,(H,20,24)(H,21,25)(H,22,27). The maximum absolute atomic E-state index is 12.5. The van der Waals surface area contributed by atoms with E-state index < -0.39 is 5.54 Å². The van der Waals surface area contributed by atoms with Crippen molar-refractivity contribution in [2.24, 2.45) is 5.92 Å². The lowest BCUT2D eigenvalue weighted by Crippen LogP contribution is -2.44. The summed E-state index contributed by atoms with van der Waals surface area (Å²) in [5, 5.41) is 8.47. The molecule has 0 radical (unpaired) electrons. The van der Waals surface area contributed by atoms with Crippen molar-refractivity contribution in [2.75, 3.05) is 19.6 Å². The quantitative estimate of drug-likeness (QED) is 0.433. The lowest BCUT2D eigenvalue weighted by molar-refractivity contribution is -0.131. The second-order valence-corrected chi connectivity index (χ2v) is 7.90. The molecule has 0 unspecified atom stereocenters. The highest BCUT2D eigenvalue weighted by molar-refractivity contribution is 6.07. The number of hydrogen-bond acceptors (Lipinski definition) is 4. The van der Waals surface area contributed by atoms with E-state index in [1.165, 1.54) is 4.90 Å². The first-order chi connectivity index (χ1) is 13.0. The van der Waals surface area contributed by atoms with E-state index in [9.17, 15) is 19.2 Å². The van der Waals surface area contributed by atoms with Crippen LogP contribution in [0.25, 0.3) is 0 Å². The van der Waals surface area contributed by atoms with Gasteiger partial charge in [0.15, 0.2) is 0 Å². The molecule has 8 nitrogen and oxygen atoms in total. The Hall–Kier alpha value is -2.12. The molecule has 3 rings (SSSR count). The molecule has 5 amide bonds. The lowest BCUT2D eigenvalue weighted by atomic mass is 9.98. The van der Waals surface area contributed by atoms with Crippen molar-refractivity contribution in [3.63, 3.8) is 0 Å². The zero-order chi connectivity index (χ0) is 19.3. The van der Waals surface area contributed by atoms with Gasteiger partial charge in [0, 0.05) is 32.0 Å². The van der Waals surface area contributed by atoms with Crippen LogP contribution in [-0.4, -0.2) is 53.8 Å². The molecule has 3 aliphatic rings. The van der Waals surface area contributed by atoms with Gasteiger partial charge in [0.2, 0.25) is 11.8 Å². The molecule has 8 heteroatoms. The van der Waals surface area contributed by atoms with Crippen molar-refractivity contribution >= 4 is 23.8 Å². The van der Waals surface area contributed by atoms with E-state index in [-0.39, 0.29) is 42.6 Å². The number of imide groups is 1. The van der Waals surface area contributed by atoms with Gasteiger partial charge in [-0.15, -0.1) is 0 Å². The molecule has 1 spiro atoms. The van der Waals surface area contributed by atoms with Gasteiger partial charge in [-0.25, -0.2) is 4.79 Å². The van der Waals surface area contributed by atoms with Crippen LogP contribution in [0.4, 0.5) is 4.79 Å². The number of carbonyl (C=O) groups excluding carboxylic acids is 4. The molecule has 27 heavy (non-hydrogen) atoms. The van der Waals surface area contributed by atoms with Crippen molar-refractivity contribution in [2.45, 2.75) is 69.7 Å². The Bertz CT molecular complexity index is 595. The van der Waals surface area contributed by atoms with Crippen LogP contribution < -0.4 is 16.0 Å². The second-order valence-electron chi connectivity index (χ2n) is 7.90. The van der Waals surface area contributed by atoms with Crippen LogP contribution in [0, 0.1) is 5.92 Å². The Morgan fingerprint density at radius 1 is 1.04 bits per heavy atom. The normalized spacial score (nSPS) is 21.7. The summed E-state index contributed by atoms with van der Waals surface area (Å²) in [5.41, 5.74) is -0.684. The van der Waals surface area contributed by atoms with Gasteiger partial charge in [0.25, 0.3) is 5.91 Å². The van der Waals surface area contributed by atoms with Crippen molar-refractivity contribution in [3.8, 4) is 0 Å². The van der Waals surface area contributed by atoms with E-state index in [0.29, 0.717) is 32.4 Å². The number of urea groups is 1. The van der Waals surface area contributed by atoms with Crippen LogP contribution in [0.15, 0.2) is 0 Å². The topological polar surface area (TPSA) is 108 Å². The van der Waals surface area contributed by atoms with Gasteiger partial charge in [-0.05, 0) is 32.1 Å². The average molecular weight is 378 g/mol. The van der Waals surface area contributed by atoms with Gasteiger partial charge in [0.1, 0.15) is 5.54 Å². The molecular formula is C19H30N4O4. The molecule has 3 N–H and O–H groups in total. The van der Waals surface area contributed by atoms with Crippen LogP contribution in [0.3, 0.4) is 0 Å². The van der Waals surface area contributed by atoms with Crippen molar-refractivity contribution in [1.82, 2.24) is 20.9 Å². The first-order valence-electron chi connectivity index (χ1n) is 10.2. The molecule has 0 aromatic carbocycles. The minimum atomic E-state index is -0.684. The Morgan fingerprint density at radius 2 is 1.70 bits per heavy atom. The summed E-state index contributed by atoms with van der Waals surface area (Å²) in [6.45, 7) is 1.08. The highest BCUT2D eigenvalue weighted by Crippen LogP contribution is 2.35. The van der Waals surface area contributed by atoms with Gasteiger partial charge in [-0.3, -0.25) is 19.3 Å². The Morgan fingerprint density at radius 3 is 2.41 bits per heavy atom. The molecule has 2 saturated carbocycles. The molecule has 0 atom stereocenters. The summed E-state index contributed by atoms with van der Waals surface area (Å²) in [5.74, 6) is -0.0538. The largest absolute Gasteiger partial charge is 0.354 e. The molecule has 1 heterocycles. The summed E-state index contributed by atoms with van der Waals surface area (Å²) < 4.78 is 0. The summed E-state index contributed by atoms with van der Waals surface area (Å²) in [6, 6.07) is -0.336. The highest BCUT2D eigenvalue weighted by Gasteiger charge is 2.51. The summed E-state index contributed by atoms with van der Waals surface area (Å²) in [7, 11) is 0. The maximum atomic E-state index is 12.5. The molecule has 2 aliphatic carbocycles. The number of rotatable bonds is 8. The zero-order valence-electron chi connectivity index (χ0n) is 15.8. The average Bonchev–Trinajstić information content (AvgIpc) is 3.37. The first-order valence-corrected chi connectivity index (χ1v) is 10.2. The Kier molecular flexibility index (Phi) is 6.34. The number of hydrogen-bond donors (Lipinski definition) is 3. The predicted octanol–water partition coefficient (Wildman–Crippen LogP) is 1.05. The third-order valence-corrected chi connectivity index (χ3v) is 5.96. The minimum Gasteiger partial charge on any atom is -0.354 e. The Balaban J connectivity index is 1.29. The summed E-state index contributed by atoms with van der Waals surface area (Å²) in [6.07, 6.45) is 8.18. The van der Waals surface area contributed by atoms with Gasteiger partial charge in [-0.2, -0.15) is 0 Å². The number of nitrogens with one attached hydrogen (secondary N) is 3. The first kappa shape index (κ1) is 19.6. The third kappa shape index (κ3) is 4.59. The number of amides is 5. The maximum Gasteiger partial charge on any atom is 0.325 e. The number of carbonyl (C=O) groups is 4. The van der Waals surface area contributed by atoms with E-state index in [1.807, 2.05) is 0 Å². The van der Waals surface area contributed by atoms with Crippen LogP contribution >= 0.6 is 0 Å². The smallest absolute Gasteiger partial charge is 0.325 e. The minimum absolute atomic E-state index is 0.0844. The fourth-order valence-electron chi connectivity index (χ4n) is 4.40. The van der Waals surface area contributed by atoms with Gasteiger partial charge in [-0.1, -0.05) is 25.7 Å². The molecule has 0 aromatic heterocycles. The molecular weight excluding hydrogens is 348 g/mol. The molecule has 3 fully saturated rings. The van der Waals surface area contributed by atoms with Gasteiger partial charge in [0.05, 0.1) is 0 Å². The molecule has 0 aromatic rings. The third-order valence-electron chi connectivity index (χ3n) is 5.96. The van der Waals surface area contributed by atoms with Crippen LogP contribution in [-0.2, 0) is 14.4 Å². The van der Waals surface area contributed by atoms with Gasteiger partial charge >= 0.3 is 6.03 Å². The Labute approximate surface area is 159 Å². The second kappa shape index (κ2) is 8.71. The van der Waals surface area contributed by atoms with Crippen molar-refractivity contribution in [1.29, 1.82) is 0 Å². The van der Waals surface area contributed by atoms with Crippen LogP contribution in [0.1, 0.15) is 64.2 Å². The molecule has 150 valence electrons. The van der Waals surface area contributed by atoms with Crippen LogP contribution in [0.2, 0.25) is 0 Å². The molecule has 0 bridgehead atoms. The van der Waals surface area contributed by atoms with E-state index in [4.69, 9.17) is 0 Å². The van der Waals surface area contributed by atoms with E-state index in [1.54, 1.807) is 0 Å². The SMILES string of the molecule is O=C(CCCN1C(=O)NC2(CCCC2)C1=O)NCCNC(=O)C1CCCC1. The molecule has 1 saturated heterocycles. The highest BCUT2D eigenvalue weighted by atomic mass is 16.2. The van der Waals surface area contributed by atoms with Gasteiger partial charge < -0.3 is 16.0 Å². The summed E-state index contributed by atoms with van der Waals surface area (Å²) >= 11 is 0. The fourth-order valence-corrected chi connectivity index (χ4v) is 4.40.